The van der Waals surface area contributed by atoms with E-state index in [4.69, 9.17) is 9.47 Å². The van der Waals surface area contributed by atoms with E-state index in [9.17, 15) is 5.11 Å². The lowest BCUT2D eigenvalue weighted by atomic mass is 10.0. The highest BCUT2D eigenvalue weighted by Crippen LogP contribution is 2.14. The van der Waals surface area contributed by atoms with Gasteiger partial charge < -0.3 is 14.6 Å². The van der Waals surface area contributed by atoms with Crippen LogP contribution < -0.4 is 0 Å². The quantitative estimate of drug-likeness (QED) is 0.119. The number of ether oxygens (including phenoxy) is 2. The Morgan fingerprint density at radius 2 is 0.812 bits per heavy atom. The van der Waals surface area contributed by atoms with E-state index in [-0.39, 0.29) is 12.7 Å². The summed E-state index contributed by atoms with van der Waals surface area (Å²) in [5.74, 6) is 0. The first-order valence-corrected chi connectivity index (χ1v) is 14.6. The molecule has 0 aromatic heterocycles. The molecule has 0 radical (unpaired) electrons. The number of hydrogen-bond donors (Lipinski definition) is 1. The average Bonchev–Trinajstić information content (AvgIpc) is 2.81. The van der Waals surface area contributed by atoms with Crippen molar-refractivity contribution in [3.63, 3.8) is 0 Å². The Hall–Kier alpha value is -0.120. The van der Waals surface area contributed by atoms with Crippen LogP contribution in [0, 0.1) is 0 Å². The monoisotopic (exact) mass is 456 g/mol. The molecule has 0 bridgehead atoms. The van der Waals surface area contributed by atoms with Crippen LogP contribution >= 0.6 is 0 Å². The average molecular weight is 457 g/mol. The molecule has 3 heteroatoms. The standard InChI is InChI=1S/C29H60O3/c1-3-5-7-9-11-12-13-14-15-16-17-18-19-20-21-23-25-31-28-29(27-30)32-26-24-22-10-8-6-4-2/h29-30H,3-28H2,1-2H3/t29-/m1/s1. The third-order valence-electron chi connectivity index (χ3n) is 6.50. The van der Waals surface area contributed by atoms with Crippen LogP contribution in [0.15, 0.2) is 0 Å². The van der Waals surface area contributed by atoms with Crippen LogP contribution in [0.4, 0.5) is 0 Å². The molecule has 32 heavy (non-hydrogen) atoms. The minimum Gasteiger partial charge on any atom is -0.394 e. The SMILES string of the molecule is CCCCCCCCCCCCCCCCCCOC[C@@H](CO)OCCCCCCCC. The summed E-state index contributed by atoms with van der Waals surface area (Å²) in [4.78, 5) is 0. The summed E-state index contributed by atoms with van der Waals surface area (Å²) < 4.78 is 11.5. The van der Waals surface area contributed by atoms with Crippen molar-refractivity contribution in [3.8, 4) is 0 Å². The number of hydrogen-bond acceptors (Lipinski definition) is 3. The molecule has 0 fully saturated rings. The highest BCUT2D eigenvalue weighted by atomic mass is 16.5. The van der Waals surface area contributed by atoms with Gasteiger partial charge in [-0.2, -0.15) is 0 Å². The summed E-state index contributed by atoms with van der Waals surface area (Å²) in [6.45, 7) is 6.68. The van der Waals surface area contributed by atoms with Crippen molar-refractivity contribution in [1.29, 1.82) is 0 Å². The van der Waals surface area contributed by atoms with Gasteiger partial charge in [0.2, 0.25) is 0 Å². The van der Waals surface area contributed by atoms with E-state index in [1.807, 2.05) is 0 Å². The lowest BCUT2D eigenvalue weighted by Gasteiger charge is -2.15. The van der Waals surface area contributed by atoms with Gasteiger partial charge >= 0.3 is 0 Å². The molecule has 1 N–H and O–H groups in total. The van der Waals surface area contributed by atoms with Crippen molar-refractivity contribution in [2.45, 2.75) is 161 Å². The van der Waals surface area contributed by atoms with E-state index in [0.717, 1.165) is 26.1 Å². The van der Waals surface area contributed by atoms with Gasteiger partial charge in [-0.05, 0) is 12.8 Å². The van der Waals surface area contributed by atoms with Crippen molar-refractivity contribution in [2.24, 2.45) is 0 Å². The minimum atomic E-state index is -0.147. The molecule has 0 saturated carbocycles. The molecule has 0 saturated heterocycles. The highest BCUT2D eigenvalue weighted by Gasteiger charge is 2.07. The predicted octanol–water partition coefficient (Wildman–Crippen LogP) is 9.00. The van der Waals surface area contributed by atoms with Gasteiger partial charge in [0.1, 0.15) is 6.10 Å². The minimum absolute atomic E-state index is 0.0643. The third kappa shape index (κ3) is 26.1. The first-order valence-electron chi connectivity index (χ1n) is 14.6. The largest absolute Gasteiger partial charge is 0.394 e. The summed E-state index contributed by atoms with van der Waals surface area (Å²) in [5, 5.41) is 9.44. The molecule has 0 rings (SSSR count). The smallest absolute Gasteiger partial charge is 0.104 e. The second-order valence-corrected chi connectivity index (χ2v) is 9.82. The number of rotatable bonds is 28. The molecular weight excluding hydrogens is 396 g/mol. The lowest BCUT2D eigenvalue weighted by molar-refractivity contribution is -0.0437. The van der Waals surface area contributed by atoms with E-state index in [0.29, 0.717) is 6.61 Å². The molecule has 194 valence electrons. The maximum Gasteiger partial charge on any atom is 0.104 e. The Morgan fingerprint density at radius 1 is 0.469 bits per heavy atom. The zero-order valence-electron chi connectivity index (χ0n) is 22.2. The molecule has 0 unspecified atom stereocenters. The van der Waals surface area contributed by atoms with Gasteiger partial charge in [0.05, 0.1) is 13.2 Å². The van der Waals surface area contributed by atoms with Gasteiger partial charge in [-0.3, -0.25) is 0 Å². The van der Waals surface area contributed by atoms with Crippen LogP contribution in [0.5, 0.6) is 0 Å². The summed E-state index contributed by atoms with van der Waals surface area (Å²) in [6, 6.07) is 0. The van der Waals surface area contributed by atoms with Gasteiger partial charge in [0.25, 0.3) is 0 Å². The maximum atomic E-state index is 9.44. The third-order valence-corrected chi connectivity index (χ3v) is 6.50. The first-order chi connectivity index (χ1) is 15.8. The predicted molar refractivity (Wildman–Crippen MR) is 141 cm³/mol. The summed E-state index contributed by atoms with van der Waals surface area (Å²) >= 11 is 0. The number of aliphatic hydroxyl groups is 1. The van der Waals surface area contributed by atoms with Crippen LogP contribution in [0.2, 0.25) is 0 Å². The zero-order valence-corrected chi connectivity index (χ0v) is 22.2. The summed E-state index contributed by atoms with van der Waals surface area (Å²) in [7, 11) is 0. The van der Waals surface area contributed by atoms with Gasteiger partial charge in [0.15, 0.2) is 0 Å². The lowest BCUT2D eigenvalue weighted by Crippen LogP contribution is -2.24. The fourth-order valence-electron chi connectivity index (χ4n) is 4.25. The molecule has 0 aromatic rings. The zero-order chi connectivity index (χ0) is 23.4. The van der Waals surface area contributed by atoms with E-state index in [2.05, 4.69) is 13.8 Å². The van der Waals surface area contributed by atoms with Crippen LogP contribution in [0.3, 0.4) is 0 Å². The number of unbranched alkanes of at least 4 members (excludes halogenated alkanes) is 20. The van der Waals surface area contributed by atoms with Crippen LogP contribution in [0.1, 0.15) is 155 Å². The van der Waals surface area contributed by atoms with E-state index in [1.54, 1.807) is 0 Å². The van der Waals surface area contributed by atoms with Crippen LogP contribution in [0.25, 0.3) is 0 Å². The first kappa shape index (κ1) is 31.9. The van der Waals surface area contributed by atoms with Crippen molar-refractivity contribution in [1.82, 2.24) is 0 Å². The van der Waals surface area contributed by atoms with E-state index < -0.39 is 0 Å². The van der Waals surface area contributed by atoms with E-state index in [1.165, 1.54) is 128 Å². The van der Waals surface area contributed by atoms with Crippen LogP contribution in [-0.2, 0) is 9.47 Å². The van der Waals surface area contributed by atoms with Gasteiger partial charge in [-0.15, -0.1) is 0 Å². The van der Waals surface area contributed by atoms with Crippen molar-refractivity contribution >= 4 is 0 Å². The Morgan fingerprint density at radius 3 is 1.19 bits per heavy atom. The van der Waals surface area contributed by atoms with Crippen molar-refractivity contribution < 1.29 is 14.6 Å². The molecule has 0 heterocycles. The van der Waals surface area contributed by atoms with Gasteiger partial charge in [-0.25, -0.2) is 0 Å². The van der Waals surface area contributed by atoms with E-state index >= 15 is 0 Å². The molecule has 3 nitrogen and oxygen atoms in total. The molecule has 0 aromatic carbocycles. The molecular formula is C29H60O3. The Kier molecular flexibility index (Phi) is 28.8. The summed E-state index contributed by atoms with van der Waals surface area (Å²) in [6.07, 6.45) is 29.7. The molecule has 0 aliphatic carbocycles. The summed E-state index contributed by atoms with van der Waals surface area (Å²) in [5.41, 5.74) is 0. The molecule has 0 aliphatic heterocycles. The normalized spacial score (nSPS) is 12.5. The second kappa shape index (κ2) is 28.9. The molecule has 0 spiro atoms. The van der Waals surface area contributed by atoms with Crippen LogP contribution in [-0.4, -0.2) is 37.6 Å². The second-order valence-electron chi connectivity index (χ2n) is 9.82. The molecule has 0 amide bonds. The van der Waals surface area contributed by atoms with Gasteiger partial charge in [0, 0.05) is 13.2 Å². The Labute approximate surface area is 202 Å². The van der Waals surface area contributed by atoms with Gasteiger partial charge in [-0.1, -0.05) is 142 Å². The number of aliphatic hydroxyl groups excluding tert-OH is 1. The van der Waals surface area contributed by atoms with Crippen molar-refractivity contribution in [3.05, 3.63) is 0 Å². The maximum absolute atomic E-state index is 9.44. The fourth-order valence-corrected chi connectivity index (χ4v) is 4.25. The highest BCUT2D eigenvalue weighted by molar-refractivity contribution is 4.55. The molecule has 1 atom stereocenters. The fraction of sp³-hybridized carbons (Fsp3) is 1.00. The van der Waals surface area contributed by atoms with Crippen molar-refractivity contribution in [2.75, 3.05) is 26.4 Å². The Bertz CT molecular complexity index is 322. The molecule has 0 aliphatic rings. The Balaban J connectivity index is 3.21. The topological polar surface area (TPSA) is 38.7 Å².